The summed E-state index contributed by atoms with van der Waals surface area (Å²) in [4.78, 5) is 26.3. The summed E-state index contributed by atoms with van der Waals surface area (Å²) in [6.07, 6.45) is 3.13. The van der Waals surface area contributed by atoms with Crippen LogP contribution in [-0.2, 0) is 9.53 Å². The normalized spacial score (nSPS) is 16.8. The van der Waals surface area contributed by atoms with Crippen molar-refractivity contribution in [3.05, 3.63) is 56.7 Å². The molecule has 1 aliphatic rings. The fourth-order valence-electron chi connectivity index (χ4n) is 3.22. The largest absolute Gasteiger partial charge is 0.469 e. The highest BCUT2D eigenvalue weighted by atomic mass is 79.9. The van der Waals surface area contributed by atoms with E-state index < -0.39 is 6.10 Å². The van der Waals surface area contributed by atoms with Gasteiger partial charge in [-0.05, 0) is 82.3 Å². The molecule has 2 heterocycles. The second kappa shape index (κ2) is 10.4. The van der Waals surface area contributed by atoms with Gasteiger partial charge in [0.15, 0.2) is 0 Å². The Morgan fingerprint density at radius 1 is 1.27 bits per heavy atom. The van der Waals surface area contributed by atoms with Gasteiger partial charge in [-0.3, -0.25) is 19.8 Å². The molecule has 158 valence electrons. The van der Waals surface area contributed by atoms with E-state index in [1.54, 1.807) is 13.1 Å². The van der Waals surface area contributed by atoms with Crippen LogP contribution in [-0.4, -0.2) is 46.7 Å². The van der Waals surface area contributed by atoms with E-state index in [1.165, 1.54) is 7.11 Å². The van der Waals surface area contributed by atoms with Crippen LogP contribution >= 0.6 is 31.9 Å². The molecule has 2 atom stereocenters. The van der Waals surface area contributed by atoms with Gasteiger partial charge in [0, 0.05) is 32.8 Å². The maximum atomic E-state index is 11.8. The van der Waals surface area contributed by atoms with Crippen LogP contribution in [0.5, 0.6) is 0 Å². The number of aliphatic hydroxyl groups is 1. The molecule has 1 aromatic heterocycles. The van der Waals surface area contributed by atoms with Crippen molar-refractivity contribution in [2.45, 2.75) is 44.8 Å². The third-order valence-corrected chi connectivity index (χ3v) is 6.65. The second-order valence-electron chi connectivity index (χ2n) is 7.10. The first-order chi connectivity index (χ1) is 14.4. The number of halogens is 2. The molecule has 1 aliphatic heterocycles. The molecule has 0 saturated carbocycles. The maximum Gasteiger partial charge on any atom is 0.305 e. The predicted molar refractivity (Wildman–Crippen MR) is 125 cm³/mol. The molecule has 0 saturated heterocycles. The number of hydrogen-bond acceptors (Lipinski definition) is 6. The minimum absolute atomic E-state index is 0.234. The lowest BCUT2D eigenvalue weighted by Gasteiger charge is -2.16. The van der Waals surface area contributed by atoms with Crippen LogP contribution in [0.3, 0.4) is 0 Å². The third kappa shape index (κ3) is 5.62. The molecule has 3 rings (SSSR count). The van der Waals surface area contributed by atoms with Crippen molar-refractivity contribution >= 4 is 54.9 Å². The van der Waals surface area contributed by atoms with Gasteiger partial charge in [0.05, 0.1) is 36.3 Å². The summed E-state index contributed by atoms with van der Waals surface area (Å²) >= 11 is 7.13. The number of benzene rings is 1. The minimum atomic E-state index is -0.451. The van der Waals surface area contributed by atoms with Crippen molar-refractivity contribution in [3.63, 3.8) is 0 Å². The number of carbonyl (C=O) groups excluding carboxylic acids is 1. The lowest BCUT2D eigenvalue weighted by molar-refractivity contribution is -0.140. The standard InChI is InChI=1S/C22H23Br2N3O3/c1-13(28)6-7-17-18(8-9-21(29)30-2)27-22(19-5-3-4-10-25-19)14-11-15(23)16(24)12-20(14)26-17/h3-5,10-13,18,28H,6-9H2,1-2H3/t13-,18-/m0/s1. The van der Waals surface area contributed by atoms with Crippen LogP contribution in [0.4, 0.5) is 5.69 Å². The fourth-order valence-corrected chi connectivity index (χ4v) is 3.90. The van der Waals surface area contributed by atoms with Gasteiger partial charge in [0.25, 0.3) is 0 Å². The molecule has 8 heteroatoms. The number of aromatic nitrogens is 1. The van der Waals surface area contributed by atoms with Gasteiger partial charge in [-0.15, -0.1) is 0 Å². The molecule has 0 aliphatic carbocycles. The summed E-state index contributed by atoms with van der Waals surface area (Å²) in [5.74, 6) is -0.285. The number of esters is 1. The van der Waals surface area contributed by atoms with Crippen molar-refractivity contribution in [2.75, 3.05) is 7.11 Å². The summed E-state index contributed by atoms with van der Waals surface area (Å²) in [5.41, 5.74) is 3.93. The maximum absolute atomic E-state index is 11.8. The third-order valence-electron chi connectivity index (χ3n) is 4.80. The number of methoxy groups -OCH3 is 1. The smallest absolute Gasteiger partial charge is 0.305 e. The van der Waals surface area contributed by atoms with Gasteiger partial charge in [-0.1, -0.05) is 6.07 Å². The summed E-state index contributed by atoms with van der Waals surface area (Å²) in [6.45, 7) is 1.75. The quantitative estimate of drug-likeness (QED) is 0.504. The van der Waals surface area contributed by atoms with Gasteiger partial charge >= 0.3 is 5.97 Å². The van der Waals surface area contributed by atoms with Crippen molar-refractivity contribution in [1.82, 2.24) is 4.98 Å². The number of pyridine rings is 1. The van der Waals surface area contributed by atoms with Crippen molar-refractivity contribution < 1.29 is 14.6 Å². The van der Waals surface area contributed by atoms with Crippen LogP contribution < -0.4 is 0 Å². The highest BCUT2D eigenvalue weighted by molar-refractivity contribution is 9.13. The lowest BCUT2D eigenvalue weighted by atomic mass is 10.0. The monoisotopic (exact) mass is 535 g/mol. The molecule has 0 unspecified atom stereocenters. The Balaban J connectivity index is 2.13. The van der Waals surface area contributed by atoms with Gasteiger partial charge in [0.2, 0.25) is 0 Å². The SMILES string of the molecule is COC(=O)CC[C@@H]1N=C(c2ccccn2)c2cc(Br)c(Br)cc2N=C1CC[C@H](C)O. The molecule has 0 spiro atoms. The van der Waals surface area contributed by atoms with E-state index in [0.717, 1.165) is 37.3 Å². The lowest BCUT2D eigenvalue weighted by Crippen LogP contribution is -2.23. The Hall–Kier alpha value is -1.90. The summed E-state index contributed by atoms with van der Waals surface area (Å²) < 4.78 is 6.59. The zero-order valence-electron chi connectivity index (χ0n) is 16.8. The van der Waals surface area contributed by atoms with Crippen LogP contribution in [0, 0.1) is 0 Å². The van der Waals surface area contributed by atoms with Crippen LogP contribution in [0.15, 0.2) is 55.5 Å². The van der Waals surface area contributed by atoms with E-state index in [2.05, 4.69) is 36.8 Å². The van der Waals surface area contributed by atoms with Crippen molar-refractivity contribution in [1.29, 1.82) is 0 Å². The first kappa shape index (κ1) is 22.8. The Kier molecular flexibility index (Phi) is 7.91. The highest BCUT2D eigenvalue weighted by Crippen LogP contribution is 2.35. The average Bonchev–Trinajstić information content (AvgIpc) is 2.88. The van der Waals surface area contributed by atoms with E-state index in [4.69, 9.17) is 14.7 Å². The molecular weight excluding hydrogens is 514 g/mol. The summed E-state index contributed by atoms with van der Waals surface area (Å²) in [7, 11) is 1.38. The number of hydrogen-bond donors (Lipinski definition) is 1. The molecule has 0 fully saturated rings. The molecule has 0 radical (unpaired) electrons. The number of nitrogens with zero attached hydrogens (tertiary/aromatic N) is 3. The number of rotatable bonds is 7. The Bertz CT molecular complexity index is 975. The average molecular weight is 537 g/mol. The van der Waals surface area contributed by atoms with E-state index in [-0.39, 0.29) is 18.4 Å². The molecule has 2 aromatic rings. The molecule has 30 heavy (non-hydrogen) atoms. The fraction of sp³-hybridized carbons (Fsp3) is 0.364. The van der Waals surface area contributed by atoms with Gasteiger partial charge in [0.1, 0.15) is 0 Å². The Morgan fingerprint density at radius 3 is 2.70 bits per heavy atom. The van der Waals surface area contributed by atoms with Gasteiger partial charge in [-0.25, -0.2) is 0 Å². The van der Waals surface area contributed by atoms with Crippen LogP contribution in [0.1, 0.15) is 43.9 Å². The zero-order chi connectivity index (χ0) is 21.7. The number of carbonyl (C=O) groups is 1. The Morgan fingerprint density at radius 2 is 2.03 bits per heavy atom. The summed E-state index contributed by atoms with van der Waals surface area (Å²) in [6, 6.07) is 9.30. The van der Waals surface area contributed by atoms with E-state index in [9.17, 15) is 9.90 Å². The van der Waals surface area contributed by atoms with Crippen LogP contribution in [0.25, 0.3) is 0 Å². The van der Waals surface area contributed by atoms with Crippen molar-refractivity contribution in [2.24, 2.45) is 9.98 Å². The first-order valence-corrected chi connectivity index (χ1v) is 11.3. The minimum Gasteiger partial charge on any atom is -0.469 e. The van der Waals surface area contributed by atoms with Crippen molar-refractivity contribution in [3.8, 4) is 0 Å². The first-order valence-electron chi connectivity index (χ1n) is 9.70. The van der Waals surface area contributed by atoms with Gasteiger partial charge < -0.3 is 9.84 Å². The predicted octanol–water partition coefficient (Wildman–Crippen LogP) is 5.01. The molecule has 1 N–H and O–H groups in total. The summed E-state index contributed by atoms with van der Waals surface area (Å²) in [5, 5.41) is 9.81. The molecule has 1 aromatic carbocycles. The van der Waals surface area contributed by atoms with Gasteiger partial charge in [-0.2, -0.15) is 0 Å². The van der Waals surface area contributed by atoms with E-state index in [1.807, 2.05) is 30.3 Å². The van der Waals surface area contributed by atoms with E-state index >= 15 is 0 Å². The zero-order valence-corrected chi connectivity index (χ0v) is 20.0. The second-order valence-corrected chi connectivity index (χ2v) is 8.81. The number of ether oxygens (including phenoxy) is 1. The molecule has 6 nitrogen and oxygen atoms in total. The highest BCUT2D eigenvalue weighted by Gasteiger charge is 2.25. The van der Waals surface area contributed by atoms with E-state index in [0.29, 0.717) is 19.3 Å². The molecule has 0 bridgehead atoms. The number of aliphatic hydroxyl groups excluding tert-OH is 1. The number of aliphatic imine (C=N–C) groups is 2. The molecule has 0 amide bonds. The molecular formula is C22H23Br2N3O3. The van der Waals surface area contributed by atoms with Crippen LogP contribution in [0.2, 0.25) is 0 Å². The topological polar surface area (TPSA) is 84.1 Å². The number of fused-ring (bicyclic) bond motifs is 1. The Labute approximate surface area is 192 Å².